The van der Waals surface area contributed by atoms with E-state index < -0.39 is 5.91 Å². The van der Waals surface area contributed by atoms with Crippen molar-refractivity contribution in [3.8, 4) is 17.6 Å². The number of rotatable bonds is 8. The summed E-state index contributed by atoms with van der Waals surface area (Å²) in [6.07, 6.45) is 1.44. The SMILES string of the molecule is COc1cc(/C=C(\C#N)C(=O)Nc2cccc(Cl)c2)cc(I)c1OCC(=O)Nc1ccccc1. The van der Waals surface area contributed by atoms with Crippen LogP contribution >= 0.6 is 34.2 Å². The Balaban J connectivity index is 1.74. The third-order valence-corrected chi connectivity index (χ3v) is 5.45. The molecule has 0 aromatic heterocycles. The lowest BCUT2D eigenvalue weighted by Crippen LogP contribution is -2.20. The van der Waals surface area contributed by atoms with Crippen molar-refractivity contribution in [1.82, 2.24) is 0 Å². The molecule has 0 aliphatic rings. The van der Waals surface area contributed by atoms with Crippen molar-refractivity contribution in [2.75, 3.05) is 24.4 Å². The van der Waals surface area contributed by atoms with Gasteiger partial charge < -0.3 is 20.1 Å². The molecule has 0 atom stereocenters. The molecule has 2 N–H and O–H groups in total. The van der Waals surface area contributed by atoms with Gasteiger partial charge in [-0.2, -0.15) is 5.26 Å². The molecule has 172 valence electrons. The summed E-state index contributed by atoms with van der Waals surface area (Å²) in [5, 5.41) is 15.4. The molecule has 3 rings (SSSR count). The first-order valence-corrected chi connectivity index (χ1v) is 11.4. The number of hydrogen-bond donors (Lipinski definition) is 2. The first-order chi connectivity index (χ1) is 16.4. The van der Waals surface area contributed by atoms with Crippen LogP contribution in [-0.2, 0) is 9.59 Å². The second-order valence-corrected chi connectivity index (χ2v) is 8.47. The van der Waals surface area contributed by atoms with E-state index in [1.807, 2.05) is 46.9 Å². The zero-order chi connectivity index (χ0) is 24.5. The molecule has 0 aliphatic carbocycles. The Labute approximate surface area is 215 Å². The summed E-state index contributed by atoms with van der Waals surface area (Å²) in [4.78, 5) is 24.8. The fourth-order valence-corrected chi connectivity index (χ4v) is 3.87. The standard InChI is InChI=1S/C25H19ClIN3O4/c1-33-22-12-16(10-17(14-28)25(32)30-20-9-5-6-18(26)13-20)11-21(27)24(22)34-15-23(31)29-19-7-3-2-4-8-19/h2-13H,15H2,1H3,(H,29,31)(H,30,32)/b17-10+. The minimum absolute atomic E-state index is 0.103. The molecule has 2 amide bonds. The van der Waals surface area contributed by atoms with E-state index in [1.54, 1.807) is 48.5 Å². The first-order valence-electron chi connectivity index (χ1n) is 9.93. The predicted octanol–water partition coefficient (Wildman–Crippen LogP) is 5.52. The average Bonchev–Trinajstić information content (AvgIpc) is 2.82. The van der Waals surface area contributed by atoms with Crippen molar-refractivity contribution in [2.24, 2.45) is 0 Å². The van der Waals surface area contributed by atoms with E-state index >= 15 is 0 Å². The molecule has 0 saturated heterocycles. The highest BCUT2D eigenvalue weighted by Crippen LogP contribution is 2.34. The molecular weight excluding hydrogens is 569 g/mol. The van der Waals surface area contributed by atoms with Crippen LogP contribution in [0.15, 0.2) is 72.3 Å². The normalized spacial score (nSPS) is 10.7. The number of anilines is 2. The maximum Gasteiger partial charge on any atom is 0.266 e. The summed E-state index contributed by atoms with van der Waals surface area (Å²) in [6.45, 7) is -0.220. The number of carbonyl (C=O) groups is 2. The van der Waals surface area contributed by atoms with Crippen molar-refractivity contribution < 1.29 is 19.1 Å². The molecule has 0 aliphatic heterocycles. The van der Waals surface area contributed by atoms with E-state index in [2.05, 4.69) is 10.6 Å². The van der Waals surface area contributed by atoms with Crippen molar-refractivity contribution in [3.05, 3.63) is 86.5 Å². The average molecular weight is 588 g/mol. The largest absolute Gasteiger partial charge is 0.493 e. The van der Waals surface area contributed by atoms with Gasteiger partial charge in [-0.05, 0) is 76.7 Å². The van der Waals surface area contributed by atoms with Gasteiger partial charge in [0.15, 0.2) is 18.1 Å². The van der Waals surface area contributed by atoms with Crippen LogP contribution in [0.25, 0.3) is 6.08 Å². The van der Waals surface area contributed by atoms with Crippen LogP contribution in [0.5, 0.6) is 11.5 Å². The third kappa shape index (κ3) is 6.97. The number of carbonyl (C=O) groups excluding carboxylic acids is 2. The second-order valence-electron chi connectivity index (χ2n) is 6.87. The van der Waals surface area contributed by atoms with Crippen molar-refractivity contribution in [3.63, 3.8) is 0 Å². The minimum Gasteiger partial charge on any atom is -0.493 e. The summed E-state index contributed by atoms with van der Waals surface area (Å²) in [7, 11) is 1.47. The lowest BCUT2D eigenvalue weighted by Gasteiger charge is -2.14. The van der Waals surface area contributed by atoms with Crippen LogP contribution in [0.3, 0.4) is 0 Å². The summed E-state index contributed by atoms with van der Waals surface area (Å²) in [6, 6.07) is 20.9. The number of benzene rings is 3. The Morgan fingerprint density at radius 3 is 2.47 bits per heavy atom. The minimum atomic E-state index is -0.573. The molecule has 9 heteroatoms. The maximum absolute atomic E-state index is 12.5. The fourth-order valence-electron chi connectivity index (χ4n) is 2.90. The topological polar surface area (TPSA) is 100 Å². The Morgan fingerprint density at radius 2 is 1.79 bits per heavy atom. The van der Waals surface area contributed by atoms with E-state index in [-0.39, 0.29) is 18.1 Å². The lowest BCUT2D eigenvalue weighted by atomic mass is 10.1. The first kappa shape index (κ1) is 25.1. The number of amides is 2. The van der Waals surface area contributed by atoms with Gasteiger partial charge in [-0.3, -0.25) is 9.59 Å². The lowest BCUT2D eigenvalue weighted by molar-refractivity contribution is -0.118. The van der Waals surface area contributed by atoms with E-state index in [1.165, 1.54) is 13.2 Å². The van der Waals surface area contributed by atoms with Gasteiger partial charge in [0.05, 0.1) is 10.7 Å². The monoisotopic (exact) mass is 587 g/mol. The second kappa shape index (κ2) is 12.1. The van der Waals surface area contributed by atoms with E-state index in [9.17, 15) is 14.9 Å². The van der Waals surface area contributed by atoms with Crippen molar-refractivity contribution >= 4 is 63.5 Å². The molecule has 3 aromatic carbocycles. The molecular formula is C25H19ClIN3O4. The smallest absolute Gasteiger partial charge is 0.266 e. The van der Waals surface area contributed by atoms with Gasteiger partial charge in [-0.1, -0.05) is 35.9 Å². The van der Waals surface area contributed by atoms with Gasteiger partial charge in [0.25, 0.3) is 11.8 Å². The summed E-state index contributed by atoms with van der Waals surface area (Å²) >= 11 is 7.98. The van der Waals surface area contributed by atoms with Gasteiger partial charge in [-0.25, -0.2) is 0 Å². The molecule has 34 heavy (non-hydrogen) atoms. The Morgan fingerprint density at radius 1 is 1.06 bits per heavy atom. The summed E-state index contributed by atoms with van der Waals surface area (Å²) in [5.74, 6) is -0.155. The van der Waals surface area contributed by atoms with Crippen LogP contribution in [0, 0.1) is 14.9 Å². The number of methoxy groups -OCH3 is 1. The number of ether oxygens (including phenoxy) is 2. The quantitative estimate of drug-likeness (QED) is 0.206. The fraction of sp³-hybridized carbons (Fsp3) is 0.0800. The molecule has 0 bridgehead atoms. The Hall–Kier alpha value is -3.55. The highest BCUT2D eigenvalue weighted by atomic mass is 127. The van der Waals surface area contributed by atoms with E-state index in [0.717, 1.165) is 0 Å². The van der Waals surface area contributed by atoms with Gasteiger partial charge in [0.1, 0.15) is 11.6 Å². The zero-order valence-electron chi connectivity index (χ0n) is 18.0. The summed E-state index contributed by atoms with van der Waals surface area (Å²) in [5.41, 5.74) is 1.59. The zero-order valence-corrected chi connectivity index (χ0v) is 20.9. The maximum atomic E-state index is 12.5. The Kier molecular flexibility index (Phi) is 8.90. The van der Waals surface area contributed by atoms with Crippen LogP contribution in [0.2, 0.25) is 5.02 Å². The van der Waals surface area contributed by atoms with Crippen molar-refractivity contribution in [1.29, 1.82) is 5.26 Å². The number of nitriles is 1. The van der Waals surface area contributed by atoms with Crippen molar-refractivity contribution in [2.45, 2.75) is 0 Å². The summed E-state index contributed by atoms with van der Waals surface area (Å²) < 4.78 is 11.7. The highest BCUT2D eigenvalue weighted by molar-refractivity contribution is 14.1. The van der Waals surface area contributed by atoms with E-state index in [4.69, 9.17) is 21.1 Å². The van der Waals surface area contributed by atoms with Gasteiger partial charge >= 0.3 is 0 Å². The molecule has 7 nitrogen and oxygen atoms in total. The van der Waals surface area contributed by atoms with Crippen LogP contribution < -0.4 is 20.1 Å². The van der Waals surface area contributed by atoms with Gasteiger partial charge in [-0.15, -0.1) is 0 Å². The molecule has 0 fully saturated rings. The molecule has 0 saturated carbocycles. The number of hydrogen-bond acceptors (Lipinski definition) is 5. The van der Waals surface area contributed by atoms with Crippen LogP contribution in [0.1, 0.15) is 5.56 Å². The molecule has 0 unspecified atom stereocenters. The Bertz CT molecular complexity index is 1270. The predicted molar refractivity (Wildman–Crippen MR) is 140 cm³/mol. The molecule has 3 aromatic rings. The van der Waals surface area contributed by atoms with Crippen LogP contribution in [0.4, 0.5) is 11.4 Å². The number of nitrogens with one attached hydrogen (secondary N) is 2. The van der Waals surface area contributed by atoms with Gasteiger partial charge in [0.2, 0.25) is 0 Å². The van der Waals surface area contributed by atoms with Crippen LogP contribution in [-0.4, -0.2) is 25.5 Å². The highest BCUT2D eigenvalue weighted by Gasteiger charge is 2.15. The molecule has 0 heterocycles. The number of halogens is 2. The third-order valence-electron chi connectivity index (χ3n) is 4.42. The number of para-hydroxylation sites is 1. The van der Waals surface area contributed by atoms with E-state index in [0.29, 0.717) is 37.0 Å². The van der Waals surface area contributed by atoms with Gasteiger partial charge in [0, 0.05) is 16.4 Å². The molecule has 0 radical (unpaired) electrons. The number of nitrogens with zero attached hydrogens (tertiary/aromatic N) is 1. The molecule has 0 spiro atoms.